The zero-order valence-corrected chi connectivity index (χ0v) is 23.0. The second-order valence-corrected chi connectivity index (χ2v) is 12.2. The molecular weight excluding hydrogens is 545 g/mol. The number of alkyl halides is 3. The summed E-state index contributed by atoms with van der Waals surface area (Å²) in [6.45, 7) is 2.43. The maximum atomic E-state index is 13.5. The summed E-state index contributed by atoms with van der Waals surface area (Å²) in [5.41, 5.74) is 1.000. The molecule has 2 amide bonds. The third kappa shape index (κ3) is 5.20. The van der Waals surface area contributed by atoms with E-state index in [1.54, 1.807) is 13.4 Å². The van der Waals surface area contributed by atoms with E-state index in [0.29, 0.717) is 60.5 Å². The molecule has 0 saturated heterocycles. The van der Waals surface area contributed by atoms with Crippen LogP contribution in [0.5, 0.6) is 0 Å². The lowest BCUT2D eigenvalue weighted by Gasteiger charge is -2.29. The Morgan fingerprint density at radius 1 is 1.25 bits per heavy atom. The maximum absolute atomic E-state index is 13.5. The topological polar surface area (TPSA) is 119 Å². The number of rotatable bonds is 9. The maximum Gasteiger partial charge on any atom is 0.282 e. The average molecular weight is 577 g/mol. The fraction of sp³-hybridized carbons (Fsp3) is 0.577. The molecule has 0 bridgehead atoms. The molecule has 3 aliphatic carbocycles. The first-order chi connectivity index (χ1) is 19.2. The van der Waals surface area contributed by atoms with Crippen LogP contribution < -0.4 is 16.0 Å². The molecule has 214 valence electrons. The van der Waals surface area contributed by atoms with Gasteiger partial charge < -0.3 is 16.0 Å². The van der Waals surface area contributed by atoms with Crippen molar-refractivity contribution in [1.29, 1.82) is 0 Å². The van der Waals surface area contributed by atoms with Gasteiger partial charge in [0.1, 0.15) is 29.0 Å². The van der Waals surface area contributed by atoms with Crippen molar-refractivity contribution in [3.63, 3.8) is 0 Å². The van der Waals surface area contributed by atoms with Gasteiger partial charge in [-0.25, -0.2) is 13.2 Å². The first kappa shape index (κ1) is 26.8. The van der Waals surface area contributed by atoms with Gasteiger partial charge in [-0.3, -0.25) is 18.8 Å². The van der Waals surface area contributed by atoms with Crippen LogP contribution >= 0.6 is 11.3 Å². The third-order valence-corrected chi connectivity index (χ3v) is 9.41. The van der Waals surface area contributed by atoms with Crippen LogP contribution in [0.2, 0.25) is 0 Å². The minimum atomic E-state index is -2.69. The van der Waals surface area contributed by atoms with Crippen molar-refractivity contribution >= 4 is 39.9 Å². The molecule has 14 heteroatoms. The first-order valence-corrected chi connectivity index (χ1v) is 14.4. The third-order valence-electron chi connectivity index (χ3n) is 8.20. The quantitative estimate of drug-likeness (QED) is 0.344. The molecule has 3 N–H and O–H groups in total. The van der Waals surface area contributed by atoms with E-state index < -0.39 is 12.6 Å². The van der Waals surface area contributed by atoms with Gasteiger partial charge >= 0.3 is 0 Å². The van der Waals surface area contributed by atoms with E-state index in [-0.39, 0.29) is 35.4 Å². The van der Waals surface area contributed by atoms with Crippen molar-refractivity contribution in [2.75, 3.05) is 17.2 Å². The molecule has 3 aromatic heterocycles. The SMILES string of the molecule is C[C@H]1C[C@@H]1C(=O)Nc1sc2c(c1C(=O)NC[C@H]1C[C@@H](F)C1)C[C@@H](n1cnnc1Nc1cc(C(F)F)nn1C)CC2. The molecule has 2 saturated carbocycles. The molecule has 40 heavy (non-hydrogen) atoms. The molecule has 3 aromatic rings. The van der Waals surface area contributed by atoms with E-state index in [2.05, 4.69) is 31.2 Å². The second kappa shape index (κ2) is 10.5. The van der Waals surface area contributed by atoms with Gasteiger partial charge in [0.2, 0.25) is 11.9 Å². The number of halogens is 3. The van der Waals surface area contributed by atoms with Crippen LogP contribution in [0.3, 0.4) is 0 Å². The minimum Gasteiger partial charge on any atom is -0.352 e. The highest BCUT2D eigenvalue weighted by Crippen LogP contribution is 2.44. The lowest BCUT2D eigenvalue weighted by molar-refractivity contribution is -0.117. The first-order valence-electron chi connectivity index (χ1n) is 13.5. The van der Waals surface area contributed by atoms with E-state index >= 15 is 0 Å². The van der Waals surface area contributed by atoms with Crippen molar-refractivity contribution in [3.8, 4) is 0 Å². The Morgan fingerprint density at radius 2 is 2.02 bits per heavy atom. The highest BCUT2D eigenvalue weighted by molar-refractivity contribution is 7.17. The number of nitrogens with zero attached hydrogens (tertiary/aromatic N) is 5. The lowest BCUT2D eigenvalue weighted by atomic mass is 9.83. The monoisotopic (exact) mass is 576 g/mol. The van der Waals surface area contributed by atoms with Crippen LogP contribution in [0.1, 0.15) is 71.6 Å². The molecule has 0 aliphatic heterocycles. The Labute approximate surface area is 232 Å². The Balaban J connectivity index is 1.24. The molecule has 6 rings (SSSR count). The van der Waals surface area contributed by atoms with Gasteiger partial charge in [-0.1, -0.05) is 6.92 Å². The van der Waals surface area contributed by atoms with Crippen molar-refractivity contribution in [3.05, 3.63) is 34.1 Å². The number of fused-ring (bicyclic) bond motifs is 1. The summed E-state index contributed by atoms with van der Waals surface area (Å²) in [7, 11) is 1.56. The fourth-order valence-corrected chi connectivity index (χ4v) is 6.84. The Bertz CT molecular complexity index is 1430. The standard InChI is InChI=1S/C26H31F3N8O2S/c1-12-5-16(12)23(38)33-25-21(24(39)30-10-13-6-14(27)7-13)17-8-15(3-4-19(17)40-25)37-11-31-34-26(37)32-20-9-18(22(28)29)35-36(20)2/h9,11-16,22H,3-8,10H2,1-2H3,(H,30,39)(H,32,34)(H,33,38)/t12-,13-,14+,15-,16-/m0/s1. The zero-order valence-electron chi connectivity index (χ0n) is 22.2. The molecule has 0 radical (unpaired) electrons. The highest BCUT2D eigenvalue weighted by Gasteiger charge is 2.40. The molecular formula is C26H31F3N8O2S. The number of carbonyl (C=O) groups is 2. The number of aryl methyl sites for hydroxylation is 2. The van der Waals surface area contributed by atoms with Crippen LogP contribution in [0.15, 0.2) is 12.4 Å². The molecule has 10 nitrogen and oxygen atoms in total. The number of hydrogen-bond donors (Lipinski definition) is 3. The average Bonchev–Trinajstić information content (AvgIpc) is 3.21. The van der Waals surface area contributed by atoms with Crippen molar-refractivity contribution in [2.24, 2.45) is 24.8 Å². The predicted octanol–water partition coefficient (Wildman–Crippen LogP) is 4.56. The smallest absolute Gasteiger partial charge is 0.282 e. The van der Waals surface area contributed by atoms with Gasteiger partial charge in [-0.2, -0.15) is 5.10 Å². The molecule has 3 aliphatic rings. The summed E-state index contributed by atoms with van der Waals surface area (Å²) in [6, 6.07) is 1.16. The number of hydrogen-bond acceptors (Lipinski definition) is 7. The zero-order chi connectivity index (χ0) is 28.1. The molecule has 0 unspecified atom stereocenters. The largest absolute Gasteiger partial charge is 0.352 e. The van der Waals surface area contributed by atoms with Crippen LogP contribution in [-0.4, -0.2) is 49.1 Å². The van der Waals surface area contributed by atoms with Gasteiger partial charge in [0.05, 0.1) is 5.56 Å². The Kier molecular flexibility index (Phi) is 7.05. The van der Waals surface area contributed by atoms with Crippen LogP contribution in [0.25, 0.3) is 0 Å². The number of amides is 2. The summed E-state index contributed by atoms with van der Waals surface area (Å²) in [6.07, 6.45) is 1.75. The van der Waals surface area contributed by atoms with Gasteiger partial charge in [0, 0.05) is 36.5 Å². The highest BCUT2D eigenvalue weighted by atomic mass is 32.1. The number of anilines is 3. The molecule has 2 fully saturated rings. The van der Waals surface area contributed by atoms with Crippen LogP contribution in [-0.2, 0) is 24.7 Å². The minimum absolute atomic E-state index is 0.0394. The van der Waals surface area contributed by atoms with Crippen molar-refractivity contribution in [2.45, 2.75) is 64.1 Å². The predicted molar refractivity (Wildman–Crippen MR) is 143 cm³/mol. The number of aromatic nitrogens is 5. The Morgan fingerprint density at radius 3 is 2.70 bits per heavy atom. The Hall–Kier alpha value is -3.42. The van der Waals surface area contributed by atoms with Crippen LogP contribution in [0.4, 0.5) is 29.9 Å². The number of nitrogens with one attached hydrogen (secondary N) is 3. The number of thiophene rings is 1. The van der Waals surface area contributed by atoms with E-state index in [4.69, 9.17) is 0 Å². The summed E-state index contributed by atoms with van der Waals surface area (Å²) >= 11 is 1.44. The van der Waals surface area contributed by atoms with E-state index in [9.17, 15) is 22.8 Å². The fourth-order valence-electron chi connectivity index (χ4n) is 5.60. The van der Waals surface area contributed by atoms with Crippen LogP contribution in [0, 0.1) is 17.8 Å². The van der Waals surface area contributed by atoms with Gasteiger partial charge in [-0.15, -0.1) is 21.5 Å². The van der Waals surface area contributed by atoms with Gasteiger partial charge in [0.15, 0.2) is 0 Å². The molecule has 3 heterocycles. The summed E-state index contributed by atoms with van der Waals surface area (Å²) < 4.78 is 42.7. The summed E-state index contributed by atoms with van der Waals surface area (Å²) in [5.74, 6) is 0.802. The second-order valence-electron chi connectivity index (χ2n) is 11.1. The summed E-state index contributed by atoms with van der Waals surface area (Å²) in [5, 5.41) is 21.6. The van der Waals surface area contributed by atoms with E-state index in [0.717, 1.165) is 23.3 Å². The van der Waals surface area contributed by atoms with E-state index in [1.807, 2.05) is 11.5 Å². The summed E-state index contributed by atoms with van der Waals surface area (Å²) in [4.78, 5) is 27.3. The lowest BCUT2D eigenvalue weighted by Crippen LogP contribution is -2.37. The number of carbonyl (C=O) groups excluding carboxylic acids is 2. The molecule has 0 spiro atoms. The van der Waals surface area contributed by atoms with Gasteiger partial charge in [-0.05, 0) is 55.9 Å². The van der Waals surface area contributed by atoms with Crippen molar-refractivity contribution < 1.29 is 22.8 Å². The molecule has 3 atom stereocenters. The normalized spacial score (nSPS) is 25.3. The molecule has 0 aromatic carbocycles. The van der Waals surface area contributed by atoms with Crippen molar-refractivity contribution in [1.82, 2.24) is 29.9 Å². The van der Waals surface area contributed by atoms with E-state index in [1.165, 1.54) is 22.1 Å². The van der Waals surface area contributed by atoms with Gasteiger partial charge in [0.25, 0.3) is 12.3 Å².